The van der Waals surface area contributed by atoms with Crippen LogP contribution in [-0.4, -0.2) is 13.7 Å². The maximum atomic E-state index is 5.01. The molecule has 0 spiro atoms. The zero-order valence-corrected chi connectivity index (χ0v) is 29.3. The summed E-state index contributed by atoms with van der Waals surface area (Å²) < 4.78 is 11.8. The average molecular weight is 736 g/mol. The number of thiophene rings is 3. The van der Waals surface area contributed by atoms with Gasteiger partial charge in [-0.3, -0.25) is 4.98 Å². The van der Waals surface area contributed by atoms with Gasteiger partial charge in [0.05, 0.1) is 24.2 Å². The summed E-state index contributed by atoms with van der Waals surface area (Å²) >= 11 is 13.9. The fourth-order valence-electron chi connectivity index (χ4n) is 4.81. The van der Waals surface area contributed by atoms with E-state index in [2.05, 4.69) is 81.4 Å². The van der Waals surface area contributed by atoms with Crippen molar-refractivity contribution in [3.8, 4) is 21.0 Å². The summed E-state index contributed by atoms with van der Waals surface area (Å²) in [5, 5.41) is 2.30. The van der Waals surface area contributed by atoms with E-state index < -0.39 is 0 Å². The Labute approximate surface area is 270 Å². The van der Waals surface area contributed by atoms with Crippen LogP contribution in [0.25, 0.3) is 44.2 Å². The van der Waals surface area contributed by atoms with Gasteiger partial charge >= 0.3 is 0 Å². The molecule has 5 aromatic heterocycles. The lowest BCUT2D eigenvalue weighted by Crippen LogP contribution is -1.88. The Balaban J connectivity index is 1.44. The van der Waals surface area contributed by atoms with Crippen molar-refractivity contribution < 1.29 is 0 Å². The number of fused-ring (bicyclic) bond motifs is 1. The number of hydrogen-bond donors (Lipinski definition) is 0. The second-order valence-corrected chi connectivity index (χ2v) is 16.3. The topological polar surface area (TPSA) is 38.7 Å². The van der Waals surface area contributed by atoms with E-state index in [4.69, 9.17) is 13.7 Å². The van der Waals surface area contributed by atoms with Gasteiger partial charge in [0.25, 0.3) is 0 Å². The lowest BCUT2D eigenvalue weighted by Gasteiger charge is -2.02. The normalized spacial score (nSPS) is 11.9. The van der Waals surface area contributed by atoms with E-state index in [-0.39, 0.29) is 0 Å². The number of pyridine rings is 1. The number of aromatic nitrogens is 3. The minimum absolute atomic E-state index is 0.916. The SMILES string of the molecule is CCCCCCc1csc(-c2cnc(-c3cc(CCCCCC)c(/C=C/c4cc(Br)sc4Br)s3)c3nsnc23)c1. The highest BCUT2D eigenvalue weighted by atomic mass is 79.9. The van der Waals surface area contributed by atoms with Crippen LogP contribution in [0.3, 0.4) is 0 Å². The van der Waals surface area contributed by atoms with Crippen LogP contribution in [0, 0.1) is 0 Å². The molecule has 0 fully saturated rings. The first-order chi connectivity index (χ1) is 19.6. The first-order valence-electron chi connectivity index (χ1n) is 14.0. The Kier molecular flexibility index (Phi) is 11.2. The number of aryl methyl sites for hydroxylation is 2. The number of unbranched alkanes of at least 4 members (excludes halogenated alkanes) is 6. The molecule has 0 amide bonds. The minimum Gasteiger partial charge on any atom is -0.252 e. The predicted octanol–water partition coefficient (Wildman–Crippen LogP) is 12.5. The van der Waals surface area contributed by atoms with E-state index in [1.165, 1.54) is 94.4 Å². The Morgan fingerprint density at radius 1 is 0.800 bits per heavy atom. The Hall–Kier alpha value is -1.23. The molecule has 0 saturated heterocycles. The van der Waals surface area contributed by atoms with Gasteiger partial charge in [-0.25, -0.2) is 0 Å². The standard InChI is InChI=1S/C31H33Br2N3S4/c1-3-5-7-9-11-20-15-25(37-19-20)23-18-34-29(30-28(23)35-40-36-30)26-16-21(12-10-8-6-4-2)24(38-26)14-13-22-17-27(32)39-31(22)33/h13-19H,3-12H2,1-2H3/b14-13+. The van der Waals surface area contributed by atoms with E-state index >= 15 is 0 Å². The largest absolute Gasteiger partial charge is 0.252 e. The van der Waals surface area contributed by atoms with Crippen molar-refractivity contribution in [3.63, 3.8) is 0 Å². The molecule has 5 aromatic rings. The molecule has 0 N–H and O–H groups in total. The van der Waals surface area contributed by atoms with E-state index in [1.807, 2.05) is 17.5 Å². The summed E-state index contributed by atoms with van der Waals surface area (Å²) in [5.41, 5.74) is 7.94. The van der Waals surface area contributed by atoms with E-state index in [0.29, 0.717) is 0 Å². The Morgan fingerprint density at radius 2 is 1.57 bits per heavy atom. The van der Waals surface area contributed by atoms with Crippen molar-refractivity contribution in [2.45, 2.75) is 78.1 Å². The lowest BCUT2D eigenvalue weighted by molar-refractivity contribution is 0.667. The van der Waals surface area contributed by atoms with Crippen molar-refractivity contribution in [1.29, 1.82) is 0 Å². The van der Waals surface area contributed by atoms with Gasteiger partial charge in [-0.1, -0.05) is 58.4 Å². The predicted molar refractivity (Wildman–Crippen MR) is 186 cm³/mol. The average Bonchev–Trinajstić information content (AvgIpc) is 3.75. The molecule has 0 aliphatic rings. The van der Waals surface area contributed by atoms with Gasteiger partial charge in [-0.15, -0.1) is 34.0 Å². The Bertz CT molecular complexity index is 1580. The molecule has 0 radical (unpaired) electrons. The summed E-state index contributed by atoms with van der Waals surface area (Å²) in [6.45, 7) is 4.53. The maximum absolute atomic E-state index is 5.01. The molecule has 5 rings (SSSR count). The molecule has 0 aliphatic heterocycles. The van der Waals surface area contributed by atoms with Crippen LogP contribution in [0.2, 0.25) is 0 Å². The van der Waals surface area contributed by atoms with Crippen LogP contribution < -0.4 is 0 Å². The third-order valence-corrected chi connectivity index (χ3v) is 12.1. The molecule has 3 nitrogen and oxygen atoms in total. The monoisotopic (exact) mass is 733 g/mol. The second-order valence-electron chi connectivity index (χ2n) is 10.0. The van der Waals surface area contributed by atoms with Crippen LogP contribution >= 0.6 is 77.6 Å². The smallest absolute Gasteiger partial charge is 0.132 e. The van der Waals surface area contributed by atoms with Crippen molar-refractivity contribution >= 4 is 101 Å². The van der Waals surface area contributed by atoms with E-state index in [1.54, 1.807) is 22.7 Å². The van der Waals surface area contributed by atoms with Gasteiger partial charge in [-0.2, -0.15) is 8.75 Å². The second kappa shape index (κ2) is 14.8. The summed E-state index contributed by atoms with van der Waals surface area (Å²) in [4.78, 5) is 8.71. The van der Waals surface area contributed by atoms with Crippen molar-refractivity contribution in [1.82, 2.24) is 13.7 Å². The molecule has 0 aromatic carbocycles. The molecule has 0 unspecified atom stereocenters. The fraction of sp³-hybridized carbons (Fsp3) is 0.387. The van der Waals surface area contributed by atoms with Gasteiger partial charge in [0.15, 0.2) is 0 Å². The number of nitrogens with zero attached hydrogens (tertiary/aromatic N) is 3. The summed E-state index contributed by atoms with van der Waals surface area (Å²) in [5.74, 6) is 0. The molecule has 0 aliphatic carbocycles. The highest BCUT2D eigenvalue weighted by Crippen LogP contribution is 2.40. The van der Waals surface area contributed by atoms with Gasteiger partial charge in [0.1, 0.15) is 16.7 Å². The lowest BCUT2D eigenvalue weighted by atomic mass is 10.1. The van der Waals surface area contributed by atoms with Gasteiger partial charge < -0.3 is 0 Å². The zero-order chi connectivity index (χ0) is 27.9. The molecule has 0 saturated carbocycles. The van der Waals surface area contributed by atoms with Crippen LogP contribution in [0.5, 0.6) is 0 Å². The van der Waals surface area contributed by atoms with E-state index in [0.717, 1.165) is 42.7 Å². The summed E-state index contributed by atoms with van der Waals surface area (Å²) in [6.07, 6.45) is 18.9. The summed E-state index contributed by atoms with van der Waals surface area (Å²) in [7, 11) is 0. The van der Waals surface area contributed by atoms with Crippen LogP contribution in [0.4, 0.5) is 0 Å². The molecule has 0 atom stereocenters. The number of hydrogen-bond acceptors (Lipinski definition) is 7. The van der Waals surface area contributed by atoms with E-state index in [9.17, 15) is 0 Å². The quantitative estimate of drug-likeness (QED) is 0.107. The molecule has 0 bridgehead atoms. The van der Waals surface area contributed by atoms with Crippen molar-refractivity contribution in [2.75, 3.05) is 0 Å². The van der Waals surface area contributed by atoms with Gasteiger partial charge in [-0.05, 0) is 98.3 Å². The molecular formula is C31H33Br2N3S4. The maximum Gasteiger partial charge on any atom is 0.132 e. The highest BCUT2D eigenvalue weighted by molar-refractivity contribution is 9.12. The highest BCUT2D eigenvalue weighted by Gasteiger charge is 2.19. The van der Waals surface area contributed by atoms with Crippen LogP contribution in [0.1, 0.15) is 86.8 Å². The number of rotatable bonds is 14. The first kappa shape index (κ1) is 30.2. The zero-order valence-electron chi connectivity index (χ0n) is 22.8. The van der Waals surface area contributed by atoms with Gasteiger partial charge in [0, 0.05) is 27.1 Å². The third-order valence-electron chi connectivity index (χ3n) is 7.00. The first-order valence-corrected chi connectivity index (χ1v) is 18.8. The van der Waals surface area contributed by atoms with Crippen LogP contribution in [-0.2, 0) is 12.8 Å². The molecule has 210 valence electrons. The fourth-order valence-corrected chi connectivity index (χ4v) is 10.2. The molecule has 9 heteroatoms. The number of halogens is 2. The van der Waals surface area contributed by atoms with Crippen molar-refractivity contribution in [2.24, 2.45) is 0 Å². The van der Waals surface area contributed by atoms with Crippen molar-refractivity contribution in [3.05, 3.63) is 58.9 Å². The third kappa shape index (κ3) is 7.39. The van der Waals surface area contributed by atoms with Gasteiger partial charge in [0.2, 0.25) is 0 Å². The molecule has 5 heterocycles. The minimum atomic E-state index is 0.916. The molecular weight excluding hydrogens is 702 g/mol. The Morgan fingerprint density at radius 3 is 2.33 bits per heavy atom. The molecule has 40 heavy (non-hydrogen) atoms. The summed E-state index contributed by atoms with van der Waals surface area (Å²) in [6, 6.07) is 6.83. The van der Waals surface area contributed by atoms with Crippen LogP contribution in [0.15, 0.2) is 37.3 Å².